The molecule has 0 spiro atoms. The van der Waals surface area contributed by atoms with E-state index in [2.05, 4.69) is 82.5 Å². The molecule has 0 saturated heterocycles. The van der Waals surface area contributed by atoms with E-state index in [-0.39, 0.29) is 0 Å². The topological polar surface area (TPSA) is 67.9 Å². The number of nitrogens with zero attached hydrogens (tertiary/aromatic N) is 3. The first-order valence-corrected chi connectivity index (χ1v) is 12.0. The largest absolute Gasteiger partial charge is 0.455 e. The van der Waals surface area contributed by atoms with E-state index in [0.717, 1.165) is 55.2 Å². The maximum absolute atomic E-state index is 9.53. The van der Waals surface area contributed by atoms with Gasteiger partial charge in [0.15, 0.2) is 11.2 Å². The molecule has 5 nitrogen and oxygen atoms in total. The van der Waals surface area contributed by atoms with E-state index < -0.39 is 0 Å². The molecule has 8 rings (SSSR count). The van der Waals surface area contributed by atoms with E-state index in [1.807, 2.05) is 24.3 Å². The molecule has 8 aromatic rings. The van der Waals surface area contributed by atoms with Gasteiger partial charge in [-0.3, -0.25) is 0 Å². The van der Waals surface area contributed by atoms with Gasteiger partial charge in [-0.1, -0.05) is 47.6 Å². The van der Waals surface area contributed by atoms with Crippen LogP contribution in [0.1, 0.15) is 5.56 Å². The first-order chi connectivity index (χ1) is 18.3. The van der Waals surface area contributed by atoms with Gasteiger partial charge in [0.2, 0.25) is 0 Å². The normalized spacial score (nSPS) is 11.8. The number of fused-ring (bicyclic) bond motifs is 7. The van der Waals surface area contributed by atoms with E-state index in [9.17, 15) is 5.26 Å². The molecule has 0 atom stereocenters. The molecular formula is C32H17N3O2. The molecule has 37 heavy (non-hydrogen) atoms. The Morgan fingerprint density at radius 3 is 2.43 bits per heavy atom. The second kappa shape index (κ2) is 7.33. The number of nitriles is 1. The molecule has 0 bridgehead atoms. The second-order valence-corrected chi connectivity index (χ2v) is 9.24. The second-order valence-electron chi connectivity index (χ2n) is 9.24. The van der Waals surface area contributed by atoms with Crippen LogP contribution in [0.5, 0.6) is 0 Å². The van der Waals surface area contributed by atoms with Gasteiger partial charge < -0.3 is 13.5 Å². The zero-order chi connectivity index (χ0) is 24.5. The van der Waals surface area contributed by atoms with Crippen LogP contribution < -0.4 is 0 Å². The first-order valence-electron chi connectivity index (χ1n) is 12.0. The summed E-state index contributed by atoms with van der Waals surface area (Å²) in [4.78, 5) is 0. The zero-order valence-corrected chi connectivity index (χ0v) is 19.5. The molecule has 0 unspecified atom stereocenters. The molecular weight excluding hydrogens is 458 g/mol. The highest BCUT2D eigenvalue weighted by atomic mass is 16.5. The minimum Gasteiger partial charge on any atom is -0.455 e. The van der Waals surface area contributed by atoms with Crippen molar-refractivity contribution in [2.45, 2.75) is 0 Å². The van der Waals surface area contributed by atoms with E-state index in [0.29, 0.717) is 11.1 Å². The molecule has 0 saturated carbocycles. The van der Waals surface area contributed by atoms with Crippen LogP contribution in [0.3, 0.4) is 0 Å². The zero-order valence-electron chi connectivity index (χ0n) is 19.5. The standard InChI is InChI=1S/C32H17N3O2/c33-17-21-4-3-6-25-27-16-23(10-13-31(27)36-32(21)25)35-28-7-2-1-5-24(28)26-15-20(8-11-29(26)35)19-9-12-30-22(14-19)18-34-37-30/h1-16,18H. The maximum Gasteiger partial charge on any atom is 0.166 e. The van der Waals surface area contributed by atoms with Gasteiger partial charge in [-0.05, 0) is 65.7 Å². The van der Waals surface area contributed by atoms with Crippen LogP contribution in [0.15, 0.2) is 112 Å². The average molecular weight is 476 g/mol. The Morgan fingerprint density at radius 1 is 0.676 bits per heavy atom. The smallest absolute Gasteiger partial charge is 0.166 e. The van der Waals surface area contributed by atoms with Crippen molar-refractivity contribution >= 4 is 54.7 Å². The highest BCUT2D eigenvalue weighted by molar-refractivity contribution is 6.12. The maximum atomic E-state index is 9.53. The monoisotopic (exact) mass is 475 g/mol. The van der Waals surface area contributed by atoms with E-state index in [4.69, 9.17) is 8.94 Å². The third-order valence-electron chi connectivity index (χ3n) is 7.22. The van der Waals surface area contributed by atoms with E-state index in [1.165, 1.54) is 10.8 Å². The van der Waals surface area contributed by atoms with Crippen LogP contribution in [0.4, 0.5) is 0 Å². The Bertz CT molecular complexity index is 2220. The van der Waals surface area contributed by atoms with Gasteiger partial charge in [-0.15, -0.1) is 0 Å². The third-order valence-corrected chi connectivity index (χ3v) is 7.22. The van der Waals surface area contributed by atoms with Crippen molar-refractivity contribution in [2.75, 3.05) is 0 Å². The number of hydrogen-bond donors (Lipinski definition) is 0. The first kappa shape index (κ1) is 19.9. The molecule has 0 aliphatic rings. The molecule has 0 amide bonds. The molecule has 172 valence electrons. The lowest BCUT2D eigenvalue weighted by atomic mass is 10.0. The Hall–Kier alpha value is -5.34. The van der Waals surface area contributed by atoms with Gasteiger partial charge in [0.25, 0.3) is 0 Å². The summed E-state index contributed by atoms with van der Waals surface area (Å²) in [6.07, 6.45) is 1.75. The Morgan fingerprint density at radius 2 is 1.49 bits per heavy atom. The lowest BCUT2D eigenvalue weighted by Crippen LogP contribution is -1.93. The average Bonchev–Trinajstić information content (AvgIpc) is 3.65. The summed E-state index contributed by atoms with van der Waals surface area (Å²) in [7, 11) is 0. The van der Waals surface area contributed by atoms with Crippen LogP contribution >= 0.6 is 0 Å². The van der Waals surface area contributed by atoms with Crippen molar-refractivity contribution in [3.63, 3.8) is 0 Å². The summed E-state index contributed by atoms with van der Waals surface area (Å²) >= 11 is 0. The number of benzene rings is 5. The molecule has 0 aliphatic carbocycles. The van der Waals surface area contributed by atoms with Crippen LogP contribution in [0.2, 0.25) is 0 Å². The van der Waals surface area contributed by atoms with Crippen LogP contribution in [0.25, 0.3) is 71.5 Å². The number of hydrogen-bond acceptors (Lipinski definition) is 4. The molecule has 3 aromatic heterocycles. The molecule has 0 N–H and O–H groups in total. The van der Waals surface area contributed by atoms with Gasteiger partial charge in [0.1, 0.15) is 11.7 Å². The Kier molecular flexibility index (Phi) is 3.94. The van der Waals surface area contributed by atoms with Crippen molar-refractivity contribution in [1.29, 1.82) is 5.26 Å². The fourth-order valence-corrected chi connectivity index (χ4v) is 5.50. The van der Waals surface area contributed by atoms with Crippen LogP contribution in [-0.4, -0.2) is 9.72 Å². The van der Waals surface area contributed by atoms with Crippen molar-refractivity contribution in [3.8, 4) is 22.9 Å². The van der Waals surface area contributed by atoms with Crippen molar-refractivity contribution in [2.24, 2.45) is 0 Å². The molecule has 5 heteroatoms. The van der Waals surface area contributed by atoms with Crippen molar-refractivity contribution < 1.29 is 8.94 Å². The van der Waals surface area contributed by atoms with Gasteiger partial charge in [0, 0.05) is 32.6 Å². The molecule has 5 aromatic carbocycles. The quantitative estimate of drug-likeness (QED) is 0.252. The number of rotatable bonds is 2. The molecule has 0 aliphatic heterocycles. The number of para-hydroxylation sites is 2. The van der Waals surface area contributed by atoms with Crippen molar-refractivity contribution in [1.82, 2.24) is 9.72 Å². The summed E-state index contributed by atoms with van der Waals surface area (Å²) in [6, 6.07) is 35.4. The fraction of sp³-hybridized carbons (Fsp3) is 0. The minimum atomic E-state index is 0.545. The van der Waals surface area contributed by atoms with Gasteiger partial charge >= 0.3 is 0 Å². The lowest BCUT2D eigenvalue weighted by molar-refractivity contribution is 0.456. The lowest BCUT2D eigenvalue weighted by Gasteiger charge is -2.09. The minimum absolute atomic E-state index is 0.545. The third kappa shape index (κ3) is 2.81. The van der Waals surface area contributed by atoms with Crippen molar-refractivity contribution in [3.05, 3.63) is 109 Å². The predicted molar refractivity (Wildman–Crippen MR) is 146 cm³/mol. The van der Waals surface area contributed by atoms with Crippen LogP contribution in [0, 0.1) is 11.3 Å². The van der Waals surface area contributed by atoms with E-state index >= 15 is 0 Å². The molecule has 0 radical (unpaired) electrons. The van der Waals surface area contributed by atoms with Crippen LogP contribution in [-0.2, 0) is 0 Å². The van der Waals surface area contributed by atoms with Gasteiger partial charge in [-0.25, -0.2) is 0 Å². The Labute approximate surface area is 210 Å². The summed E-state index contributed by atoms with van der Waals surface area (Å²) in [5.74, 6) is 0. The fourth-order valence-electron chi connectivity index (χ4n) is 5.50. The molecule has 3 heterocycles. The number of furan rings is 1. The summed E-state index contributed by atoms with van der Waals surface area (Å²) < 4.78 is 13.6. The highest BCUT2D eigenvalue weighted by Crippen LogP contribution is 2.38. The highest BCUT2D eigenvalue weighted by Gasteiger charge is 2.16. The van der Waals surface area contributed by atoms with Gasteiger partial charge in [-0.2, -0.15) is 5.26 Å². The van der Waals surface area contributed by atoms with Gasteiger partial charge in [0.05, 0.1) is 22.8 Å². The summed E-state index contributed by atoms with van der Waals surface area (Å²) in [5, 5.41) is 18.7. The number of aromatic nitrogens is 2. The predicted octanol–water partition coefficient (Wildman–Crippen LogP) is 8.36. The van der Waals surface area contributed by atoms with E-state index in [1.54, 1.807) is 12.3 Å². The summed E-state index contributed by atoms with van der Waals surface area (Å²) in [5.41, 5.74) is 8.29. The Balaban J connectivity index is 1.38. The SMILES string of the molecule is N#Cc1cccc2c1oc1ccc(-n3c4ccccc4c4cc(-c5ccc6oncc6c5)ccc43)cc12. The molecule has 0 fully saturated rings. The summed E-state index contributed by atoms with van der Waals surface area (Å²) in [6.45, 7) is 0.